The molecule has 1 saturated heterocycles. The lowest BCUT2D eigenvalue weighted by Gasteiger charge is -2.26. The van der Waals surface area contributed by atoms with E-state index in [4.69, 9.17) is 14.0 Å². The van der Waals surface area contributed by atoms with Gasteiger partial charge >= 0.3 is 5.69 Å². The van der Waals surface area contributed by atoms with Gasteiger partial charge in [-0.15, -0.1) is 5.10 Å². The van der Waals surface area contributed by atoms with E-state index >= 15 is 0 Å². The van der Waals surface area contributed by atoms with E-state index in [1.807, 2.05) is 13.1 Å². The minimum atomic E-state index is -4.56. The van der Waals surface area contributed by atoms with Crippen LogP contribution in [0.2, 0.25) is 0 Å². The Kier molecular flexibility index (Phi) is 11.4. The van der Waals surface area contributed by atoms with Gasteiger partial charge < -0.3 is 28.7 Å². The van der Waals surface area contributed by atoms with Crippen LogP contribution in [0.3, 0.4) is 0 Å². The molecule has 220 valence electrons. The number of amides is 1. The summed E-state index contributed by atoms with van der Waals surface area (Å²) >= 11 is 0. The van der Waals surface area contributed by atoms with Gasteiger partial charge in [0.05, 0.1) is 24.4 Å². The van der Waals surface area contributed by atoms with Crippen LogP contribution in [0.4, 0.5) is 0 Å². The van der Waals surface area contributed by atoms with E-state index in [-0.39, 0.29) is 30.5 Å². The average molecular weight is 582 g/mol. The number of hydrogen-bond acceptors (Lipinski definition) is 11. The molecular weight excluding hydrogens is 547 g/mol. The molecule has 3 heterocycles. The highest BCUT2D eigenvalue weighted by molar-refractivity contribution is 7.45. The Labute approximate surface area is 230 Å². The van der Waals surface area contributed by atoms with Crippen molar-refractivity contribution >= 4 is 13.7 Å². The van der Waals surface area contributed by atoms with Crippen LogP contribution in [0.15, 0.2) is 22.0 Å². The number of nitrogens with one attached hydrogen (secondary N) is 2. The zero-order chi connectivity index (χ0) is 29.3. The second-order valence-electron chi connectivity index (χ2n) is 9.23. The first-order chi connectivity index (χ1) is 19.1. The summed E-state index contributed by atoms with van der Waals surface area (Å²) in [5.74, 6) is 5.66. The summed E-state index contributed by atoms with van der Waals surface area (Å²) in [5.41, 5.74) is -0.494. The molecule has 0 saturated carbocycles. The molecule has 2 aromatic heterocycles. The fraction of sp³-hybridized carbons (Fsp3) is 0.625. The monoisotopic (exact) mass is 581 g/mol. The number of carbonyl (C=O) groups excluding carboxylic acids is 1. The first-order valence-electron chi connectivity index (χ1n) is 12.7. The quantitative estimate of drug-likeness (QED) is 0.184. The van der Waals surface area contributed by atoms with Gasteiger partial charge in [0.1, 0.15) is 17.9 Å². The van der Waals surface area contributed by atoms with Crippen molar-refractivity contribution < 1.29 is 32.8 Å². The number of phosphoric ester groups is 1. The van der Waals surface area contributed by atoms with Crippen LogP contribution in [-0.2, 0) is 34.3 Å². The Morgan fingerprint density at radius 2 is 2.12 bits per heavy atom. The number of H-pyrrole nitrogens is 1. The van der Waals surface area contributed by atoms with Crippen LogP contribution in [0.1, 0.15) is 62.6 Å². The smallest absolute Gasteiger partial charge is 0.330 e. The molecule has 0 aliphatic carbocycles. The third-order valence-electron chi connectivity index (χ3n) is 6.25. The molecule has 3 rings (SSSR count). The molecule has 2 aromatic rings. The molecule has 5 atom stereocenters. The molecule has 15 nitrogen and oxygen atoms in total. The van der Waals surface area contributed by atoms with E-state index in [9.17, 15) is 23.8 Å². The van der Waals surface area contributed by atoms with Gasteiger partial charge in [-0.25, -0.2) is 9.48 Å². The normalized spacial score (nSPS) is 20.9. The number of unbranched alkanes of at least 4 members (excludes halogenated alkanes) is 2. The maximum Gasteiger partial charge on any atom is 0.330 e. The minimum Gasteiger partial charge on any atom is -0.756 e. The van der Waals surface area contributed by atoms with Gasteiger partial charge in [0.25, 0.3) is 13.4 Å². The lowest BCUT2D eigenvalue weighted by molar-refractivity contribution is -0.229. The Hall–Kier alpha value is -3.12. The Bertz CT molecular complexity index is 1380. The minimum absolute atomic E-state index is 0.00235. The predicted octanol–water partition coefficient (Wildman–Crippen LogP) is 0.0236. The summed E-state index contributed by atoms with van der Waals surface area (Å²) in [4.78, 5) is 50.4. The molecule has 0 radical (unpaired) electrons. The van der Waals surface area contributed by atoms with E-state index in [0.29, 0.717) is 19.3 Å². The number of hydrogen-bond donors (Lipinski definition) is 2. The van der Waals surface area contributed by atoms with Crippen molar-refractivity contribution in [1.82, 2.24) is 29.9 Å². The maximum absolute atomic E-state index is 12.5. The second-order valence-corrected chi connectivity index (χ2v) is 10.7. The summed E-state index contributed by atoms with van der Waals surface area (Å²) < 4.78 is 34.9. The molecule has 1 aliphatic rings. The number of aryl methyl sites for hydroxylation is 1. The molecule has 0 aromatic carbocycles. The summed E-state index contributed by atoms with van der Waals surface area (Å²) in [7, 11) is -0.577. The second kappa shape index (κ2) is 14.5. The van der Waals surface area contributed by atoms with Crippen LogP contribution in [0, 0.1) is 11.8 Å². The third kappa shape index (κ3) is 8.69. The largest absolute Gasteiger partial charge is 0.756 e. The highest BCUT2D eigenvalue weighted by Gasteiger charge is 2.39. The predicted molar refractivity (Wildman–Crippen MR) is 139 cm³/mol. The lowest BCUT2D eigenvalue weighted by atomic mass is 10.1. The van der Waals surface area contributed by atoms with Gasteiger partial charge in [-0.1, -0.05) is 17.1 Å². The number of phosphoric acid groups is 1. The van der Waals surface area contributed by atoms with Crippen LogP contribution in [-0.4, -0.2) is 70.5 Å². The summed E-state index contributed by atoms with van der Waals surface area (Å²) in [6, 6.07) is -0.105. The molecular formula is C24H34N6O9P-. The van der Waals surface area contributed by atoms with Gasteiger partial charge in [-0.3, -0.25) is 23.7 Å². The van der Waals surface area contributed by atoms with Crippen molar-refractivity contribution in [2.24, 2.45) is 0 Å². The molecule has 1 amide bonds. The number of rotatable bonds is 13. The lowest BCUT2D eigenvalue weighted by Crippen LogP contribution is -2.33. The number of carbonyl (C=O) groups is 1. The molecule has 1 fully saturated rings. The van der Waals surface area contributed by atoms with Crippen molar-refractivity contribution in [3.05, 3.63) is 44.5 Å². The molecule has 1 aliphatic heterocycles. The number of nitrogens with zero attached hydrogens (tertiary/aromatic N) is 4. The van der Waals surface area contributed by atoms with Crippen LogP contribution in [0.5, 0.6) is 0 Å². The third-order valence-corrected chi connectivity index (χ3v) is 7.23. The molecule has 16 heteroatoms. The van der Waals surface area contributed by atoms with Crippen molar-refractivity contribution in [2.75, 3.05) is 27.9 Å². The van der Waals surface area contributed by atoms with Gasteiger partial charge in [-0.05, 0) is 26.2 Å². The Morgan fingerprint density at radius 1 is 1.35 bits per heavy atom. The van der Waals surface area contributed by atoms with Crippen molar-refractivity contribution in [3.8, 4) is 11.8 Å². The average Bonchev–Trinajstić information content (AvgIpc) is 3.54. The van der Waals surface area contributed by atoms with Crippen LogP contribution < -0.4 is 21.5 Å². The fourth-order valence-corrected chi connectivity index (χ4v) is 4.72. The van der Waals surface area contributed by atoms with Gasteiger partial charge in [-0.2, -0.15) is 0 Å². The number of aromatic amines is 1. The molecule has 0 spiro atoms. The van der Waals surface area contributed by atoms with E-state index in [2.05, 4.69) is 37.0 Å². The number of ether oxygens (including phenoxy) is 2. The Morgan fingerprint density at radius 3 is 2.83 bits per heavy atom. The molecule has 2 N–H and O–H groups in total. The zero-order valence-corrected chi connectivity index (χ0v) is 23.7. The summed E-state index contributed by atoms with van der Waals surface area (Å²) in [5, 5.41) is 10.8. The zero-order valence-electron chi connectivity index (χ0n) is 22.8. The maximum atomic E-state index is 12.5. The van der Waals surface area contributed by atoms with E-state index in [1.165, 1.54) is 13.3 Å². The van der Waals surface area contributed by atoms with Crippen molar-refractivity contribution in [2.45, 2.75) is 69.9 Å². The summed E-state index contributed by atoms with van der Waals surface area (Å²) in [6.45, 7) is 1.91. The summed E-state index contributed by atoms with van der Waals surface area (Å²) in [6.07, 6.45) is 3.47. The van der Waals surface area contributed by atoms with E-state index in [1.54, 1.807) is 11.7 Å². The topological polar surface area (TPSA) is 192 Å². The van der Waals surface area contributed by atoms with Crippen LogP contribution in [0.25, 0.3) is 0 Å². The highest BCUT2D eigenvalue weighted by atomic mass is 31.2. The van der Waals surface area contributed by atoms with Gasteiger partial charge in [0.15, 0.2) is 0 Å². The fourth-order valence-electron chi connectivity index (χ4n) is 4.08. The standard InChI is InChI=1S/C24H35N6O9P/c1-16(11-21(31)25-2)30-14-18(27-28-30)10-8-6-5-7-9-17-13-29(24(33)26-23(17)32)22-12-19(20(38-22)15-36-3)39-40(34,35)37-4/h13-14,16,19-20,22H,5-6,8,10-12,15H2,1-4H3,(H,25,31)(H,34,35)(H,26,32,33)/p-1/t16-,19-,20-,22-/m1/s1. The molecule has 0 bridgehead atoms. The van der Waals surface area contributed by atoms with Crippen molar-refractivity contribution in [1.29, 1.82) is 0 Å². The first-order valence-corrected chi connectivity index (χ1v) is 14.2. The Balaban J connectivity index is 1.58. The molecule has 1 unspecified atom stereocenters. The highest BCUT2D eigenvalue weighted by Crippen LogP contribution is 2.43. The van der Waals surface area contributed by atoms with Crippen molar-refractivity contribution in [3.63, 3.8) is 0 Å². The van der Waals surface area contributed by atoms with Gasteiger partial charge in [0.2, 0.25) is 5.91 Å². The number of aromatic nitrogens is 5. The number of methoxy groups -OCH3 is 1. The van der Waals surface area contributed by atoms with Crippen LogP contribution >= 0.6 is 7.82 Å². The SMILES string of the molecule is CNC(=O)C[C@@H](C)n1cc(CCCCC#Cc2cn([C@H]3C[C@@H](OP(=O)([O-])OC)[C@@H](COC)O3)c(=O)[nH]c2=O)nn1. The molecule has 40 heavy (non-hydrogen) atoms. The first kappa shape index (κ1) is 31.4. The van der Waals surface area contributed by atoms with Gasteiger partial charge in [0, 0.05) is 52.9 Å². The van der Waals surface area contributed by atoms with E-state index in [0.717, 1.165) is 30.2 Å². The van der Waals surface area contributed by atoms with E-state index < -0.39 is 37.5 Å².